The molecule has 1 aliphatic heterocycles. The molecule has 2 heterocycles. The van der Waals surface area contributed by atoms with Crippen molar-refractivity contribution in [1.29, 1.82) is 0 Å². The zero-order chi connectivity index (χ0) is 16.2. The summed E-state index contributed by atoms with van der Waals surface area (Å²) in [6.45, 7) is 3.96. The third-order valence-corrected chi connectivity index (χ3v) is 4.77. The molecule has 3 rings (SSSR count). The molecule has 23 heavy (non-hydrogen) atoms. The first-order valence-electron chi connectivity index (χ1n) is 7.86. The highest BCUT2D eigenvalue weighted by Gasteiger charge is 2.23. The molecule has 1 saturated heterocycles. The van der Waals surface area contributed by atoms with Crippen LogP contribution in [0.1, 0.15) is 19.1 Å². The van der Waals surface area contributed by atoms with Crippen LogP contribution < -0.4 is 0 Å². The number of furan rings is 1. The molecule has 0 N–H and O–H groups in total. The zero-order valence-corrected chi connectivity index (χ0v) is 14.7. The smallest absolute Gasteiger partial charge is 0.223 e. The predicted octanol–water partition coefficient (Wildman–Crippen LogP) is 3.89. The normalized spacial score (nSPS) is 18.2. The average Bonchev–Trinajstić information content (AvgIpc) is 3.02. The number of hydrogen-bond donors (Lipinski definition) is 0. The zero-order valence-electron chi connectivity index (χ0n) is 13.1. The van der Waals surface area contributed by atoms with Gasteiger partial charge >= 0.3 is 0 Å². The van der Waals surface area contributed by atoms with Crippen molar-refractivity contribution < 1.29 is 13.9 Å². The molecule has 1 aromatic carbocycles. The minimum Gasteiger partial charge on any atom is -0.461 e. The van der Waals surface area contributed by atoms with Gasteiger partial charge in [0, 0.05) is 29.4 Å². The fourth-order valence-electron chi connectivity index (χ4n) is 2.79. The van der Waals surface area contributed by atoms with Crippen LogP contribution in [0.3, 0.4) is 0 Å². The third-order valence-electron chi connectivity index (χ3n) is 4.07. The number of nitrogens with zero attached hydrogens (tertiary/aromatic N) is 1. The minimum absolute atomic E-state index is 0.156. The SMILES string of the molecule is CC1COCCN1C(=O)CCc1ccc(-c2ccccc2Br)o1. The van der Waals surface area contributed by atoms with E-state index in [0.29, 0.717) is 32.6 Å². The molecule has 0 saturated carbocycles. The van der Waals surface area contributed by atoms with Crippen molar-refractivity contribution in [1.82, 2.24) is 4.90 Å². The highest BCUT2D eigenvalue weighted by Crippen LogP contribution is 2.29. The van der Waals surface area contributed by atoms with Gasteiger partial charge < -0.3 is 14.1 Å². The molecule has 122 valence electrons. The minimum atomic E-state index is 0.156. The van der Waals surface area contributed by atoms with Crippen LogP contribution in [-0.2, 0) is 16.0 Å². The number of hydrogen-bond acceptors (Lipinski definition) is 3. The second kappa shape index (κ2) is 7.32. The van der Waals surface area contributed by atoms with Crippen molar-refractivity contribution in [3.63, 3.8) is 0 Å². The largest absolute Gasteiger partial charge is 0.461 e. The number of benzene rings is 1. The molecular weight excluding hydrogens is 358 g/mol. The Balaban J connectivity index is 1.61. The average molecular weight is 378 g/mol. The van der Waals surface area contributed by atoms with Gasteiger partial charge in [0.1, 0.15) is 11.5 Å². The summed E-state index contributed by atoms with van der Waals surface area (Å²) in [5.41, 5.74) is 1.02. The summed E-state index contributed by atoms with van der Waals surface area (Å²) in [5, 5.41) is 0. The first kappa shape index (κ1) is 16.3. The highest BCUT2D eigenvalue weighted by atomic mass is 79.9. The number of ether oxygens (including phenoxy) is 1. The van der Waals surface area contributed by atoms with Gasteiger partial charge in [-0.3, -0.25) is 4.79 Å². The van der Waals surface area contributed by atoms with E-state index in [2.05, 4.69) is 15.9 Å². The molecule has 0 bridgehead atoms. The van der Waals surface area contributed by atoms with E-state index in [1.165, 1.54) is 0 Å². The lowest BCUT2D eigenvalue weighted by atomic mass is 10.2. The van der Waals surface area contributed by atoms with Gasteiger partial charge in [0.2, 0.25) is 5.91 Å². The Morgan fingerprint density at radius 2 is 2.13 bits per heavy atom. The Labute approximate surface area is 144 Å². The van der Waals surface area contributed by atoms with Gasteiger partial charge in [0.05, 0.1) is 19.3 Å². The number of morpholine rings is 1. The van der Waals surface area contributed by atoms with Crippen molar-refractivity contribution in [3.05, 3.63) is 46.6 Å². The van der Waals surface area contributed by atoms with Crippen LogP contribution in [0.25, 0.3) is 11.3 Å². The van der Waals surface area contributed by atoms with Crippen LogP contribution in [0, 0.1) is 0 Å². The number of aryl methyl sites for hydroxylation is 1. The van der Waals surface area contributed by atoms with E-state index < -0.39 is 0 Å². The van der Waals surface area contributed by atoms with Crippen molar-refractivity contribution in [2.45, 2.75) is 25.8 Å². The molecule has 2 aromatic rings. The molecule has 5 heteroatoms. The van der Waals surface area contributed by atoms with E-state index >= 15 is 0 Å². The van der Waals surface area contributed by atoms with E-state index in [1.807, 2.05) is 48.2 Å². The Bertz CT molecular complexity index is 682. The van der Waals surface area contributed by atoms with Gasteiger partial charge in [0.25, 0.3) is 0 Å². The Kier molecular flexibility index (Phi) is 5.18. The second-order valence-electron chi connectivity index (χ2n) is 5.76. The molecule has 1 fully saturated rings. The number of rotatable bonds is 4. The Morgan fingerprint density at radius 1 is 1.30 bits per heavy atom. The lowest BCUT2D eigenvalue weighted by Gasteiger charge is -2.33. The summed E-state index contributed by atoms with van der Waals surface area (Å²) >= 11 is 3.53. The van der Waals surface area contributed by atoms with Crippen LogP contribution in [0.2, 0.25) is 0 Å². The molecule has 4 nitrogen and oxygen atoms in total. The number of carbonyl (C=O) groups is 1. The fourth-order valence-corrected chi connectivity index (χ4v) is 3.27. The van der Waals surface area contributed by atoms with Gasteiger partial charge in [-0.1, -0.05) is 34.1 Å². The topological polar surface area (TPSA) is 42.7 Å². The lowest BCUT2D eigenvalue weighted by Crippen LogP contribution is -2.47. The van der Waals surface area contributed by atoms with E-state index in [9.17, 15) is 4.79 Å². The molecular formula is C18H20BrNO3. The summed E-state index contributed by atoms with van der Waals surface area (Å²) in [4.78, 5) is 14.2. The van der Waals surface area contributed by atoms with Crippen LogP contribution in [0.15, 0.2) is 45.3 Å². The summed E-state index contributed by atoms with van der Waals surface area (Å²) in [6.07, 6.45) is 1.08. The van der Waals surface area contributed by atoms with Gasteiger partial charge in [-0.05, 0) is 25.1 Å². The van der Waals surface area contributed by atoms with Gasteiger partial charge in [0.15, 0.2) is 0 Å². The van der Waals surface area contributed by atoms with E-state index in [4.69, 9.17) is 9.15 Å². The van der Waals surface area contributed by atoms with Crippen molar-refractivity contribution in [2.75, 3.05) is 19.8 Å². The summed E-state index contributed by atoms with van der Waals surface area (Å²) in [6, 6.07) is 12.0. The molecule has 1 aromatic heterocycles. The van der Waals surface area contributed by atoms with Crippen LogP contribution in [-0.4, -0.2) is 36.6 Å². The third kappa shape index (κ3) is 3.85. The van der Waals surface area contributed by atoms with Crippen LogP contribution >= 0.6 is 15.9 Å². The van der Waals surface area contributed by atoms with Crippen LogP contribution in [0.4, 0.5) is 0 Å². The Morgan fingerprint density at radius 3 is 2.91 bits per heavy atom. The van der Waals surface area contributed by atoms with E-state index in [1.54, 1.807) is 0 Å². The lowest BCUT2D eigenvalue weighted by molar-refractivity contribution is -0.139. The fraction of sp³-hybridized carbons (Fsp3) is 0.389. The van der Waals surface area contributed by atoms with Gasteiger partial charge in [-0.2, -0.15) is 0 Å². The summed E-state index contributed by atoms with van der Waals surface area (Å²) in [5.74, 6) is 1.82. The number of halogens is 1. The van der Waals surface area contributed by atoms with E-state index in [-0.39, 0.29) is 11.9 Å². The second-order valence-corrected chi connectivity index (χ2v) is 6.61. The summed E-state index contributed by atoms with van der Waals surface area (Å²) < 4.78 is 12.3. The molecule has 1 unspecified atom stereocenters. The highest BCUT2D eigenvalue weighted by molar-refractivity contribution is 9.10. The Hall–Kier alpha value is -1.59. The molecule has 0 radical (unpaired) electrons. The van der Waals surface area contributed by atoms with E-state index in [0.717, 1.165) is 21.6 Å². The number of amides is 1. The van der Waals surface area contributed by atoms with Gasteiger partial charge in [-0.15, -0.1) is 0 Å². The van der Waals surface area contributed by atoms with Crippen molar-refractivity contribution in [2.24, 2.45) is 0 Å². The van der Waals surface area contributed by atoms with Crippen molar-refractivity contribution >= 4 is 21.8 Å². The first-order chi connectivity index (χ1) is 11.1. The number of carbonyl (C=O) groups excluding carboxylic acids is 1. The van der Waals surface area contributed by atoms with Crippen molar-refractivity contribution in [3.8, 4) is 11.3 Å². The standard InChI is InChI=1S/C18H20BrNO3/c1-13-12-22-11-10-20(13)18(21)9-7-14-6-8-17(23-14)15-4-2-3-5-16(15)19/h2-6,8,13H,7,9-12H2,1H3. The summed E-state index contributed by atoms with van der Waals surface area (Å²) in [7, 11) is 0. The maximum absolute atomic E-state index is 12.3. The molecule has 0 aliphatic carbocycles. The predicted molar refractivity (Wildman–Crippen MR) is 92.2 cm³/mol. The molecule has 1 atom stereocenters. The van der Waals surface area contributed by atoms with Gasteiger partial charge in [-0.25, -0.2) is 0 Å². The molecule has 1 aliphatic rings. The quantitative estimate of drug-likeness (QED) is 0.811. The monoisotopic (exact) mass is 377 g/mol. The first-order valence-corrected chi connectivity index (χ1v) is 8.65. The maximum atomic E-state index is 12.3. The van der Waals surface area contributed by atoms with Crippen LogP contribution in [0.5, 0.6) is 0 Å². The molecule has 1 amide bonds. The molecule has 0 spiro atoms. The maximum Gasteiger partial charge on any atom is 0.223 e.